The maximum atomic E-state index is 11.8. The zero-order chi connectivity index (χ0) is 19.4. The van der Waals surface area contributed by atoms with Crippen LogP contribution in [0.1, 0.15) is 11.1 Å². The zero-order valence-corrected chi connectivity index (χ0v) is 14.9. The minimum absolute atomic E-state index is 0.00866. The average molecular weight is 392 g/mol. The van der Waals surface area contributed by atoms with E-state index in [1.165, 1.54) is 12.1 Å². The van der Waals surface area contributed by atoms with Crippen LogP contribution in [0.2, 0.25) is 5.02 Å². The zero-order valence-electron chi connectivity index (χ0n) is 14.1. The van der Waals surface area contributed by atoms with Gasteiger partial charge in [-0.2, -0.15) is 5.10 Å². The molecule has 2 aromatic carbocycles. The molecule has 0 aliphatic carbocycles. The van der Waals surface area contributed by atoms with Crippen molar-refractivity contribution in [3.8, 4) is 17.2 Å². The highest BCUT2D eigenvalue weighted by Crippen LogP contribution is 2.37. The number of carbonyl (C=O) groups excluding carboxylic acids is 1. The number of rotatable bonds is 6. The second-order valence-corrected chi connectivity index (χ2v) is 5.95. The summed E-state index contributed by atoms with van der Waals surface area (Å²) in [6.07, 6.45) is 1.16. The molecule has 9 nitrogen and oxygen atoms in total. The molecule has 1 aliphatic heterocycles. The van der Waals surface area contributed by atoms with Crippen molar-refractivity contribution < 1.29 is 23.9 Å². The molecule has 0 spiro atoms. The SMILES string of the molecule is Cc1cc(Cl)ccc1OCC(=O)N/N=C\c1cc2c(cc1[N+](=O)[O-])OCO2. The molecule has 0 atom stereocenters. The molecule has 1 aliphatic rings. The van der Waals surface area contributed by atoms with E-state index >= 15 is 0 Å². The number of hydrazone groups is 1. The predicted octanol–water partition coefficient (Wildman–Crippen LogP) is 2.81. The summed E-state index contributed by atoms with van der Waals surface area (Å²) >= 11 is 5.86. The summed E-state index contributed by atoms with van der Waals surface area (Å²) in [5.41, 5.74) is 2.99. The van der Waals surface area contributed by atoms with Crippen LogP contribution in [0.3, 0.4) is 0 Å². The average Bonchev–Trinajstić information content (AvgIpc) is 3.07. The number of hydrogen-bond acceptors (Lipinski definition) is 7. The highest BCUT2D eigenvalue weighted by atomic mass is 35.5. The van der Waals surface area contributed by atoms with Crippen LogP contribution in [0.4, 0.5) is 5.69 Å². The third-order valence-corrected chi connectivity index (χ3v) is 3.84. The van der Waals surface area contributed by atoms with Crippen LogP contribution < -0.4 is 19.6 Å². The van der Waals surface area contributed by atoms with Gasteiger partial charge in [0.25, 0.3) is 11.6 Å². The summed E-state index contributed by atoms with van der Waals surface area (Å²) < 4.78 is 15.7. The molecule has 2 aromatic rings. The lowest BCUT2D eigenvalue weighted by molar-refractivity contribution is -0.385. The van der Waals surface area contributed by atoms with Crippen molar-refractivity contribution in [1.29, 1.82) is 0 Å². The first-order valence-electron chi connectivity index (χ1n) is 7.73. The van der Waals surface area contributed by atoms with Gasteiger partial charge in [-0.25, -0.2) is 5.43 Å². The number of nitrogens with one attached hydrogen (secondary N) is 1. The number of nitro benzene ring substituents is 1. The summed E-state index contributed by atoms with van der Waals surface area (Å²) in [5.74, 6) is 0.651. The lowest BCUT2D eigenvalue weighted by Crippen LogP contribution is -2.24. The Balaban J connectivity index is 1.62. The van der Waals surface area contributed by atoms with Gasteiger partial charge >= 0.3 is 0 Å². The first-order valence-corrected chi connectivity index (χ1v) is 8.10. The number of nitro groups is 1. The van der Waals surface area contributed by atoms with E-state index in [1.54, 1.807) is 25.1 Å². The molecule has 0 unspecified atom stereocenters. The Bertz CT molecular complexity index is 931. The van der Waals surface area contributed by atoms with Crippen molar-refractivity contribution in [3.63, 3.8) is 0 Å². The molecule has 0 radical (unpaired) electrons. The van der Waals surface area contributed by atoms with Gasteiger partial charge in [0, 0.05) is 5.02 Å². The second-order valence-electron chi connectivity index (χ2n) is 5.51. The van der Waals surface area contributed by atoms with Crippen LogP contribution in [-0.2, 0) is 4.79 Å². The van der Waals surface area contributed by atoms with Crippen LogP contribution >= 0.6 is 11.6 Å². The molecule has 0 fully saturated rings. The van der Waals surface area contributed by atoms with Gasteiger partial charge < -0.3 is 14.2 Å². The van der Waals surface area contributed by atoms with Gasteiger partial charge in [0.1, 0.15) is 5.75 Å². The Morgan fingerprint density at radius 1 is 1.37 bits per heavy atom. The van der Waals surface area contributed by atoms with E-state index < -0.39 is 10.8 Å². The highest BCUT2D eigenvalue weighted by molar-refractivity contribution is 6.30. The van der Waals surface area contributed by atoms with Crippen molar-refractivity contribution in [2.24, 2.45) is 5.10 Å². The molecule has 0 bridgehead atoms. The lowest BCUT2D eigenvalue weighted by atomic mass is 10.1. The standard InChI is InChI=1S/C17H14ClN3O6/c1-10-4-12(18)2-3-14(10)25-8-17(22)20-19-7-11-5-15-16(27-9-26-15)6-13(11)21(23)24/h2-7H,8-9H2,1H3,(H,20,22)/b19-7-. The Hall–Kier alpha value is -3.33. The van der Waals surface area contributed by atoms with Gasteiger partial charge in [-0.1, -0.05) is 11.6 Å². The van der Waals surface area contributed by atoms with Gasteiger partial charge in [-0.3, -0.25) is 14.9 Å². The molecule has 10 heteroatoms. The third kappa shape index (κ3) is 4.45. The fourth-order valence-electron chi connectivity index (χ4n) is 2.33. The van der Waals surface area contributed by atoms with Crippen molar-refractivity contribution in [2.75, 3.05) is 13.4 Å². The van der Waals surface area contributed by atoms with E-state index in [2.05, 4.69) is 10.5 Å². The van der Waals surface area contributed by atoms with Gasteiger partial charge in [0.2, 0.25) is 6.79 Å². The summed E-state index contributed by atoms with van der Waals surface area (Å²) in [6.45, 7) is 1.52. The maximum Gasteiger partial charge on any atom is 0.282 e. The molecular weight excluding hydrogens is 378 g/mol. The van der Waals surface area contributed by atoms with Gasteiger partial charge in [0.15, 0.2) is 18.1 Å². The summed E-state index contributed by atoms with van der Waals surface area (Å²) in [5, 5.41) is 15.5. The van der Waals surface area contributed by atoms with Crippen LogP contribution in [0.5, 0.6) is 17.2 Å². The fourth-order valence-corrected chi connectivity index (χ4v) is 2.56. The molecule has 1 heterocycles. The molecule has 0 aromatic heterocycles. The van der Waals surface area contributed by atoms with E-state index in [-0.39, 0.29) is 30.4 Å². The van der Waals surface area contributed by atoms with Crippen molar-refractivity contribution in [3.05, 3.63) is 56.6 Å². The van der Waals surface area contributed by atoms with Crippen LogP contribution in [-0.4, -0.2) is 30.4 Å². The topological polar surface area (TPSA) is 112 Å². The number of amides is 1. The molecular formula is C17H14ClN3O6. The molecule has 0 saturated heterocycles. The Kier molecular flexibility index (Phi) is 5.41. The number of benzene rings is 2. The fraction of sp³-hybridized carbons (Fsp3) is 0.176. The normalized spacial score (nSPS) is 12.2. The lowest BCUT2D eigenvalue weighted by Gasteiger charge is -2.08. The summed E-state index contributed by atoms with van der Waals surface area (Å²) in [6, 6.07) is 7.69. The van der Waals surface area contributed by atoms with Crippen molar-refractivity contribution >= 4 is 29.4 Å². The monoisotopic (exact) mass is 391 g/mol. The van der Waals surface area contributed by atoms with Crippen molar-refractivity contribution in [1.82, 2.24) is 5.43 Å². The maximum absolute atomic E-state index is 11.8. The smallest absolute Gasteiger partial charge is 0.282 e. The highest BCUT2D eigenvalue weighted by Gasteiger charge is 2.22. The third-order valence-electron chi connectivity index (χ3n) is 3.61. The number of ether oxygens (including phenoxy) is 3. The number of fused-ring (bicyclic) bond motifs is 1. The van der Waals surface area contributed by atoms with Gasteiger partial charge in [0.05, 0.1) is 22.8 Å². The largest absolute Gasteiger partial charge is 0.483 e. The predicted molar refractivity (Wildman–Crippen MR) is 96.6 cm³/mol. The Morgan fingerprint density at radius 2 is 2.11 bits per heavy atom. The number of aryl methyl sites for hydroxylation is 1. The first kappa shape index (κ1) is 18.5. The van der Waals surface area contributed by atoms with Crippen LogP contribution in [0.25, 0.3) is 0 Å². The van der Waals surface area contributed by atoms with Gasteiger partial charge in [-0.05, 0) is 36.8 Å². The molecule has 140 valence electrons. The van der Waals surface area contributed by atoms with E-state index in [9.17, 15) is 14.9 Å². The molecule has 3 rings (SSSR count). The van der Waals surface area contributed by atoms with E-state index in [0.29, 0.717) is 16.5 Å². The van der Waals surface area contributed by atoms with E-state index in [0.717, 1.165) is 11.8 Å². The number of hydrogen-bond donors (Lipinski definition) is 1. The molecule has 1 amide bonds. The minimum atomic E-state index is -0.572. The summed E-state index contributed by atoms with van der Waals surface area (Å²) in [7, 11) is 0. The molecule has 0 saturated carbocycles. The number of halogens is 1. The first-order chi connectivity index (χ1) is 12.9. The quantitative estimate of drug-likeness (QED) is 0.460. The molecule has 27 heavy (non-hydrogen) atoms. The van der Waals surface area contributed by atoms with Gasteiger partial charge in [-0.15, -0.1) is 0 Å². The number of nitrogens with zero attached hydrogens (tertiary/aromatic N) is 2. The van der Waals surface area contributed by atoms with Crippen LogP contribution in [0.15, 0.2) is 35.4 Å². The van der Waals surface area contributed by atoms with Crippen molar-refractivity contribution in [2.45, 2.75) is 6.92 Å². The Morgan fingerprint density at radius 3 is 2.81 bits per heavy atom. The minimum Gasteiger partial charge on any atom is -0.483 e. The number of carbonyl (C=O) groups is 1. The van der Waals surface area contributed by atoms with Crippen LogP contribution in [0, 0.1) is 17.0 Å². The molecule has 1 N–H and O–H groups in total. The Labute approximate surface area is 158 Å². The summed E-state index contributed by atoms with van der Waals surface area (Å²) in [4.78, 5) is 22.4. The van der Waals surface area contributed by atoms with E-state index in [4.69, 9.17) is 25.8 Å². The second kappa shape index (κ2) is 7.92. The van der Waals surface area contributed by atoms with E-state index in [1.807, 2.05) is 0 Å².